The number of hydrogen-bond acceptors (Lipinski definition) is 7. The van der Waals surface area contributed by atoms with Crippen molar-refractivity contribution in [1.29, 1.82) is 0 Å². The van der Waals surface area contributed by atoms with E-state index in [0.29, 0.717) is 36.8 Å². The van der Waals surface area contributed by atoms with E-state index in [1.54, 1.807) is 6.20 Å². The van der Waals surface area contributed by atoms with Crippen molar-refractivity contribution in [2.24, 2.45) is 0 Å². The maximum atomic E-state index is 13.2. The van der Waals surface area contributed by atoms with Gasteiger partial charge in [0.25, 0.3) is 5.91 Å². The minimum absolute atomic E-state index is 0.0135. The Bertz CT molecular complexity index is 1220. The Morgan fingerprint density at radius 1 is 1.03 bits per heavy atom. The molecule has 2 aromatic carbocycles. The van der Waals surface area contributed by atoms with Gasteiger partial charge in [0.15, 0.2) is 11.5 Å². The lowest BCUT2D eigenvalue weighted by molar-refractivity contribution is 0.0745. The van der Waals surface area contributed by atoms with Crippen LogP contribution in [0.4, 0.5) is 11.6 Å². The van der Waals surface area contributed by atoms with E-state index in [2.05, 4.69) is 52.2 Å². The molecule has 34 heavy (non-hydrogen) atoms. The molecule has 1 saturated heterocycles. The molecule has 0 spiro atoms. The maximum absolute atomic E-state index is 13.2. The SMILES string of the molecule is Cc1cccc(N2CCN(C(=O)c3cnc(NCc4ccc5c(c4)OCO5)nc3C)CC2)c1C. The van der Waals surface area contributed by atoms with Crippen molar-refractivity contribution in [2.75, 3.05) is 43.2 Å². The van der Waals surface area contributed by atoms with Crippen LogP contribution in [0.15, 0.2) is 42.6 Å². The zero-order valence-electron chi connectivity index (χ0n) is 19.8. The zero-order valence-corrected chi connectivity index (χ0v) is 19.8. The number of hydrogen-bond donors (Lipinski definition) is 1. The lowest BCUT2D eigenvalue weighted by Crippen LogP contribution is -2.49. The van der Waals surface area contributed by atoms with Crippen molar-refractivity contribution in [3.8, 4) is 11.5 Å². The number of aromatic nitrogens is 2. The van der Waals surface area contributed by atoms with Gasteiger partial charge in [0.05, 0.1) is 11.3 Å². The molecule has 8 nitrogen and oxygen atoms in total. The first-order valence-electron chi connectivity index (χ1n) is 11.6. The third-order valence-corrected chi connectivity index (χ3v) is 6.58. The number of carbonyl (C=O) groups is 1. The zero-order chi connectivity index (χ0) is 23.7. The van der Waals surface area contributed by atoms with E-state index in [1.165, 1.54) is 16.8 Å². The molecule has 0 saturated carbocycles. The summed E-state index contributed by atoms with van der Waals surface area (Å²) in [5.74, 6) is 1.98. The highest BCUT2D eigenvalue weighted by molar-refractivity contribution is 5.95. The Morgan fingerprint density at radius 2 is 1.82 bits per heavy atom. The second-order valence-electron chi connectivity index (χ2n) is 8.73. The van der Waals surface area contributed by atoms with Crippen molar-refractivity contribution < 1.29 is 14.3 Å². The topological polar surface area (TPSA) is 79.8 Å². The van der Waals surface area contributed by atoms with Crippen LogP contribution in [0, 0.1) is 20.8 Å². The van der Waals surface area contributed by atoms with E-state index in [0.717, 1.165) is 30.2 Å². The summed E-state index contributed by atoms with van der Waals surface area (Å²) in [6.07, 6.45) is 1.63. The summed E-state index contributed by atoms with van der Waals surface area (Å²) in [5, 5.41) is 3.22. The molecule has 0 atom stereocenters. The smallest absolute Gasteiger partial charge is 0.257 e. The van der Waals surface area contributed by atoms with Crippen LogP contribution in [0.25, 0.3) is 0 Å². The molecule has 0 unspecified atom stereocenters. The Balaban J connectivity index is 1.20. The third-order valence-electron chi connectivity index (χ3n) is 6.58. The Labute approximate surface area is 199 Å². The molecule has 0 radical (unpaired) electrons. The monoisotopic (exact) mass is 459 g/mol. The Hall–Kier alpha value is -3.81. The van der Waals surface area contributed by atoms with Gasteiger partial charge in [-0.15, -0.1) is 0 Å². The first-order chi connectivity index (χ1) is 16.5. The van der Waals surface area contributed by atoms with Crippen molar-refractivity contribution in [2.45, 2.75) is 27.3 Å². The summed E-state index contributed by atoms with van der Waals surface area (Å²) in [7, 11) is 0. The Morgan fingerprint density at radius 3 is 2.62 bits per heavy atom. The van der Waals surface area contributed by atoms with Gasteiger partial charge in [-0.1, -0.05) is 18.2 Å². The summed E-state index contributed by atoms with van der Waals surface area (Å²) in [5.41, 5.74) is 6.10. The Kier molecular flexibility index (Phi) is 5.96. The van der Waals surface area contributed by atoms with Gasteiger partial charge in [-0.25, -0.2) is 9.97 Å². The van der Waals surface area contributed by atoms with Gasteiger partial charge in [0, 0.05) is 44.6 Å². The van der Waals surface area contributed by atoms with E-state index in [9.17, 15) is 4.79 Å². The van der Waals surface area contributed by atoms with Gasteiger partial charge in [-0.3, -0.25) is 4.79 Å². The van der Waals surface area contributed by atoms with Crippen LogP contribution in [-0.4, -0.2) is 53.7 Å². The first-order valence-corrected chi connectivity index (χ1v) is 11.6. The standard InChI is InChI=1S/C26H29N5O3/c1-17-5-4-6-22(18(17)2)30-9-11-31(12-10-30)25(32)21-15-28-26(29-19(21)3)27-14-20-7-8-23-24(13-20)34-16-33-23/h4-8,13,15H,9-12,14,16H2,1-3H3,(H,27,28,29). The molecule has 2 aliphatic rings. The van der Waals surface area contributed by atoms with Crippen molar-refractivity contribution in [3.05, 3.63) is 70.5 Å². The van der Waals surface area contributed by atoms with Gasteiger partial charge in [0.2, 0.25) is 12.7 Å². The molecule has 3 aromatic rings. The van der Waals surface area contributed by atoms with Crippen LogP contribution in [0.5, 0.6) is 11.5 Å². The van der Waals surface area contributed by atoms with Gasteiger partial charge in [0.1, 0.15) is 0 Å². The largest absolute Gasteiger partial charge is 0.454 e. The molecule has 1 N–H and O–H groups in total. The lowest BCUT2D eigenvalue weighted by Gasteiger charge is -2.37. The molecular formula is C26H29N5O3. The molecule has 3 heterocycles. The summed E-state index contributed by atoms with van der Waals surface area (Å²) in [4.78, 5) is 26.3. The second-order valence-corrected chi connectivity index (χ2v) is 8.73. The predicted molar refractivity (Wildman–Crippen MR) is 131 cm³/mol. The minimum atomic E-state index is -0.0135. The molecule has 5 rings (SSSR count). The molecule has 8 heteroatoms. The van der Waals surface area contributed by atoms with Crippen LogP contribution in [0.2, 0.25) is 0 Å². The van der Waals surface area contributed by atoms with E-state index in [4.69, 9.17) is 9.47 Å². The van der Waals surface area contributed by atoms with Crippen molar-refractivity contribution >= 4 is 17.5 Å². The molecule has 1 aromatic heterocycles. The van der Waals surface area contributed by atoms with E-state index >= 15 is 0 Å². The highest BCUT2D eigenvalue weighted by atomic mass is 16.7. The van der Waals surface area contributed by atoms with Gasteiger partial charge in [-0.05, 0) is 55.7 Å². The normalized spacial score (nSPS) is 14.9. The first kappa shape index (κ1) is 22.0. The van der Waals surface area contributed by atoms with Crippen LogP contribution < -0.4 is 19.7 Å². The number of carbonyl (C=O) groups excluding carboxylic acids is 1. The molecule has 2 aliphatic heterocycles. The summed E-state index contributed by atoms with van der Waals surface area (Å²) >= 11 is 0. The van der Waals surface area contributed by atoms with Crippen molar-refractivity contribution in [1.82, 2.24) is 14.9 Å². The number of nitrogens with zero attached hydrogens (tertiary/aromatic N) is 4. The number of amides is 1. The highest BCUT2D eigenvalue weighted by Gasteiger charge is 2.25. The molecule has 0 aliphatic carbocycles. The maximum Gasteiger partial charge on any atom is 0.257 e. The van der Waals surface area contributed by atoms with Gasteiger partial charge >= 0.3 is 0 Å². The fraction of sp³-hybridized carbons (Fsp3) is 0.346. The van der Waals surface area contributed by atoms with Crippen LogP contribution in [0.3, 0.4) is 0 Å². The number of ether oxygens (including phenoxy) is 2. The van der Waals surface area contributed by atoms with Gasteiger partial charge < -0.3 is 24.6 Å². The second kappa shape index (κ2) is 9.21. The molecule has 1 fully saturated rings. The third kappa shape index (κ3) is 4.35. The average Bonchev–Trinajstić information content (AvgIpc) is 3.32. The fourth-order valence-electron chi connectivity index (χ4n) is 4.39. The number of benzene rings is 2. The summed E-state index contributed by atoms with van der Waals surface area (Å²) in [6, 6.07) is 12.2. The number of fused-ring (bicyclic) bond motifs is 1. The van der Waals surface area contributed by atoms with E-state index in [-0.39, 0.29) is 12.7 Å². The van der Waals surface area contributed by atoms with Crippen molar-refractivity contribution in [3.63, 3.8) is 0 Å². The number of rotatable bonds is 5. The molecule has 1 amide bonds. The quantitative estimate of drug-likeness (QED) is 0.623. The van der Waals surface area contributed by atoms with E-state index in [1.807, 2.05) is 30.0 Å². The molecule has 0 bridgehead atoms. The highest BCUT2D eigenvalue weighted by Crippen LogP contribution is 2.32. The van der Waals surface area contributed by atoms with Gasteiger partial charge in [-0.2, -0.15) is 0 Å². The number of anilines is 2. The lowest BCUT2D eigenvalue weighted by atomic mass is 10.1. The fourth-order valence-corrected chi connectivity index (χ4v) is 4.39. The molecule has 176 valence electrons. The summed E-state index contributed by atoms with van der Waals surface area (Å²) < 4.78 is 10.8. The number of aryl methyl sites for hydroxylation is 2. The minimum Gasteiger partial charge on any atom is -0.454 e. The molecular weight excluding hydrogens is 430 g/mol. The van der Waals surface area contributed by atoms with Crippen LogP contribution in [-0.2, 0) is 6.54 Å². The number of piperazine rings is 1. The predicted octanol–water partition coefficient (Wildman–Crippen LogP) is 3.71. The number of nitrogens with one attached hydrogen (secondary N) is 1. The van der Waals surface area contributed by atoms with Crippen LogP contribution in [0.1, 0.15) is 32.7 Å². The van der Waals surface area contributed by atoms with Crippen LogP contribution >= 0.6 is 0 Å². The van der Waals surface area contributed by atoms with E-state index < -0.39 is 0 Å². The summed E-state index contributed by atoms with van der Waals surface area (Å²) in [6.45, 7) is 9.92. The average molecular weight is 460 g/mol.